The Labute approximate surface area is 178 Å². The van der Waals surface area contributed by atoms with Gasteiger partial charge in [0.15, 0.2) is 16.7 Å². The summed E-state index contributed by atoms with van der Waals surface area (Å²) in [6.45, 7) is 4.00. The van der Waals surface area contributed by atoms with Gasteiger partial charge in [-0.05, 0) is 72.6 Å². The first-order valence-electron chi connectivity index (χ1n) is 7.91. The van der Waals surface area contributed by atoms with Gasteiger partial charge in [0.1, 0.15) is 0 Å². The topological polar surface area (TPSA) is 70.9 Å². The average molecular weight is 512 g/mol. The van der Waals surface area contributed by atoms with Gasteiger partial charge in [-0.15, -0.1) is 0 Å². The fraction of sp³-hybridized carbons (Fsp3) is 0.158. The number of hydrogen-bond donors (Lipinski definition) is 2. The number of phenols is 1. The molecule has 5 nitrogen and oxygen atoms in total. The summed E-state index contributed by atoms with van der Waals surface area (Å²) in [5, 5.41) is 13.1. The van der Waals surface area contributed by atoms with Crippen LogP contribution in [0.4, 0.5) is 5.69 Å². The molecule has 1 amide bonds. The summed E-state index contributed by atoms with van der Waals surface area (Å²) in [7, 11) is 1.48. The molecule has 0 atom stereocenters. The first-order valence-corrected chi connectivity index (χ1v) is 10.3. The van der Waals surface area contributed by atoms with Crippen molar-refractivity contribution in [3.8, 4) is 11.5 Å². The normalized spacial score (nSPS) is 16.9. The van der Waals surface area contributed by atoms with Crippen molar-refractivity contribution in [1.29, 1.82) is 0 Å². The van der Waals surface area contributed by atoms with E-state index < -0.39 is 0 Å². The lowest BCUT2D eigenvalue weighted by molar-refractivity contribution is -0.115. The molecule has 27 heavy (non-hydrogen) atoms. The van der Waals surface area contributed by atoms with E-state index in [2.05, 4.69) is 42.2 Å². The molecule has 1 saturated heterocycles. The molecule has 1 aliphatic heterocycles. The lowest BCUT2D eigenvalue weighted by atomic mass is 10.1. The van der Waals surface area contributed by atoms with Crippen LogP contribution in [0.3, 0.4) is 0 Å². The Hall–Kier alpha value is -1.77. The number of aromatic hydroxyl groups is 1. The van der Waals surface area contributed by atoms with E-state index >= 15 is 0 Å². The number of halogens is 2. The molecule has 0 aromatic heterocycles. The quantitative estimate of drug-likeness (QED) is 0.538. The van der Waals surface area contributed by atoms with Gasteiger partial charge in [0.2, 0.25) is 0 Å². The number of benzene rings is 2. The highest BCUT2D eigenvalue weighted by atomic mass is 79.9. The summed E-state index contributed by atoms with van der Waals surface area (Å²) in [4.78, 5) is 17.4. The molecule has 2 N–H and O–H groups in total. The molecule has 2 aromatic carbocycles. The fourth-order valence-corrected chi connectivity index (χ4v) is 4.07. The minimum Gasteiger partial charge on any atom is -0.504 e. The van der Waals surface area contributed by atoms with Crippen molar-refractivity contribution in [2.45, 2.75) is 13.8 Å². The third-order valence-corrected chi connectivity index (χ3v) is 6.73. The molecule has 0 bridgehead atoms. The number of phenolic OH excluding ortho intramolecular Hbond substituents is 1. The van der Waals surface area contributed by atoms with Crippen LogP contribution in [0.15, 0.2) is 43.1 Å². The first kappa shape index (κ1) is 20.0. The second kappa shape index (κ2) is 8.08. The second-order valence-electron chi connectivity index (χ2n) is 5.92. The molecule has 0 aliphatic carbocycles. The maximum Gasteiger partial charge on any atom is 0.264 e. The van der Waals surface area contributed by atoms with Crippen molar-refractivity contribution in [2.24, 2.45) is 4.99 Å². The van der Waals surface area contributed by atoms with Crippen LogP contribution in [0.1, 0.15) is 16.7 Å². The zero-order chi connectivity index (χ0) is 19.7. The van der Waals surface area contributed by atoms with Crippen molar-refractivity contribution in [1.82, 2.24) is 5.32 Å². The van der Waals surface area contributed by atoms with Crippen LogP contribution < -0.4 is 10.1 Å². The highest BCUT2D eigenvalue weighted by molar-refractivity contribution is 9.10. The molecule has 140 valence electrons. The number of hydrogen-bond acceptors (Lipinski definition) is 5. The number of methoxy groups -OCH3 is 1. The number of carbonyl (C=O) groups excluding carboxylic acids is 1. The number of amidine groups is 1. The van der Waals surface area contributed by atoms with Crippen LogP contribution in [0.25, 0.3) is 6.08 Å². The molecule has 8 heteroatoms. The average Bonchev–Trinajstić information content (AvgIpc) is 2.94. The van der Waals surface area contributed by atoms with Gasteiger partial charge < -0.3 is 15.2 Å². The number of ether oxygens (including phenoxy) is 1. The van der Waals surface area contributed by atoms with E-state index in [9.17, 15) is 9.90 Å². The van der Waals surface area contributed by atoms with Crippen molar-refractivity contribution in [3.63, 3.8) is 0 Å². The number of aliphatic imine (C=N–C) groups is 1. The Kier molecular flexibility index (Phi) is 5.98. The van der Waals surface area contributed by atoms with E-state index in [1.807, 2.05) is 26.0 Å². The molecular weight excluding hydrogens is 496 g/mol. The van der Waals surface area contributed by atoms with Gasteiger partial charge in [0.25, 0.3) is 5.91 Å². The van der Waals surface area contributed by atoms with Gasteiger partial charge in [-0.25, -0.2) is 4.99 Å². The van der Waals surface area contributed by atoms with E-state index in [0.29, 0.717) is 20.3 Å². The fourth-order valence-electron chi connectivity index (χ4n) is 2.56. The molecule has 0 spiro atoms. The molecule has 0 saturated carbocycles. The summed E-state index contributed by atoms with van der Waals surface area (Å²) >= 11 is 8.20. The SMILES string of the molecule is COc1cc(/C=C2\SC(=Nc3cc(C)c(Br)c(C)c3)NC2=O)c(Br)cc1O. The van der Waals surface area contributed by atoms with E-state index in [1.54, 1.807) is 12.1 Å². The van der Waals surface area contributed by atoms with Crippen LogP contribution in [-0.2, 0) is 4.79 Å². The second-order valence-corrected chi connectivity index (χ2v) is 8.60. The summed E-state index contributed by atoms with van der Waals surface area (Å²) < 4.78 is 6.84. The molecule has 0 radical (unpaired) electrons. The van der Waals surface area contributed by atoms with Gasteiger partial charge in [0.05, 0.1) is 17.7 Å². The van der Waals surface area contributed by atoms with Gasteiger partial charge in [-0.2, -0.15) is 0 Å². The van der Waals surface area contributed by atoms with E-state index in [-0.39, 0.29) is 11.7 Å². The predicted octanol–water partition coefficient (Wildman–Crippen LogP) is 5.43. The van der Waals surface area contributed by atoms with E-state index in [1.165, 1.54) is 24.9 Å². The molecule has 1 fully saturated rings. The summed E-state index contributed by atoms with van der Waals surface area (Å²) in [6, 6.07) is 7.11. The van der Waals surface area contributed by atoms with E-state index in [0.717, 1.165) is 26.9 Å². The Morgan fingerprint density at radius 1 is 1.19 bits per heavy atom. The molecule has 0 unspecified atom stereocenters. The van der Waals surface area contributed by atoms with Crippen LogP contribution >= 0.6 is 43.6 Å². The number of aryl methyl sites for hydroxylation is 2. The maximum absolute atomic E-state index is 12.3. The Bertz CT molecular complexity index is 980. The third kappa shape index (κ3) is 4.39. The van der Waals surface area contributed by atoms with Crippen molar-refractivity contribution >= 4 is 66.5 Å². The first-order chi connectivity index (χ1) is 12.8. The van der Waals surface area contributed by atoms with Crippen molar-refractivity contribution in [2.75, 3.05) is 7.11 Å². The molecule has 2 aromatic rings. The highest BCUT2D eigenvalue weighted by Gasteiger charge is 2.24. The predicted molar refractivity (Wildman–Crippen MR) is 117 cm³/mol. The monoisotopic (exact) mass is 510 g/mol. The van der Waals surface area contributed by atoms with Gasteiger partial charge >= 0.3 is 0 Å². The molecule has 3 rings (SSSR count). The smallest absolute Gasteiger partial charge is 0.264 e. The number of nitrogens with zero attached hydrogens (tertiary/aromatic N) is 1. The van der Waals surface area contributed by atoms with Crippen molar-refractivity contribution < 1.29 is 14.6 Å². The van der Waals surface area contributed by atoms with Gasteiger partial charge in [0, 0.05) is 8.95 Å². The summed E-state index contributed by atoms with van der Waals surface area (Å²) in [5.74, 6) is 0.143. The minimum atomic E-state index is -0.219. The Morgan fingerprint density at radius 3 is 2.48 bits per heavy atom. The van der Waals surface area contributed by atoms with E-state index in [4.69, 9.17) is 4.74 Å². The molecule has 1 aliphatic rings. The molecular formula is C19H16Br2N2O3S. The summed E-state index contributed by atoms with van der Waals surface area (Å²) in [6.07, 6.45) is 1.73. The highest BCUT2D eigenvalue weighted by Crippen LogP contribution is 2.36. The van der Waals surface area contributed by atoms with Crippen LogP contribution in [-0.4, -0.2) is 23.3 Å². The zero-order valence-corrected chi connectivity index (χ0v) is 18.8. The number of amides is 1. The van der Waals surface area contributed by atoms with Gasteiger partial charge in [-0.3, -0.25) is 4.79 Å². The third-order valence-electron chi connectivity index (χ3n) is 3.89. The number of thioether (sulfide) groups is 1. The number of nitrogens with one attached hydrogen (secondary N) is 1. The zero-order valence-electron chi connectivity index (χ0n) is 14.8. The van der Waals surface area contributed by atoms with Crippen molar-refractivity contribution in [3.05, 3.63) is 54.8 Å². The minimum absolute atomic E-state index is 0.0262. The molecule has 1 heterocycles. The Morgan fingerprint density at radius 2 is 1.85 bits per heavy atom. The maximum atomic E-state index is 12.3. The Balaban J connectivity index is 1.91. The standard InChI is InChI=1S/C19H16Br2N2O3S/c1-9-4-12(5-10(2)17(9)21)22-19-23-18(25)16(27-19)7-11-6-15(26-3)14(24)8-13(11)20/h4-8,24H,1-3H3,(H,22,23,25)/b16-7-. The number of carbonyl (C=O) groups is 1. The summed E-state index contributed by atoms with van der Waals surface area (Å²) in [5.41, 5.74) is 3.67. The van der Waals surface area contributed by atoms with Crippen LogP contribution in [0.5, 0.6) is 11.5 Å². The van der Waals surface area contributed by atoms with Crippen LogP contribution in [0.2, 0.25) is 0 Å². The lowest BCUT2D eigenvalue weighted by Crippen LogP contribution is -2.19. The largest absolute Gasteiger partial charge is 0.504 e. The number of rotatable bonds is 3. The van der Waals surface area contributed by atoms with Gasteiger partial charge in [-0.1, -0.05) is 31.9 Å². The van der Waals surface area contributed by atoms with Crippen LogP contribution in [0, 0.1) is 13.8 Å². The lowest BCUT2D eigenvalue weighted by Gasteiger charge is -2.06.